The number of amides is 8. The first-order chi connectivity index (χ1) is 40.6. The summed E-state index contributed by atoms with van der Waals surface area (Å²) in [5, 5.41) is 12.3. The first-order valence-electron chi connectivity index (χ1n) is 30.2. The number of hydrogen-bond acceptors (Lipinski definition) is 10. The number of carbonyl (C=O) groups is 8. The number of carbonyl (C=O) groups excluding carboxylic acids is 8. The Kier molecular flexibility index (Phi) is 21.0. The number of hydrogen-bond donors (Lipinski definition) is 4. The molecule has 5 aliphatic rings. The summed E-state index contributed by atoms with van der Waals surface area (Å²) in [5.74, 6) is -4.54. The van der Waals surface area contributed by atoms with Crippen molar-refractivity contribution in [3.63, 3.8) is 0 Å². The van der Waals surface area contributed by atoms with E-state index in [0.29, 0.717) is 77.0 Å². The highest BCUT2D eigenvalue weighted by molar-refractivity contribution is 5.92. The fourth-order valence-electron chi connectivity index (χ4n) is 13.2. The molecule has 12 atom stereocenters. The fraction of sp³-hybridized carbons (Fsp3) is 0.515. The predicted octanol–water partition coefficient (Wildman–Crippen LogP) is 5.37. The Labute approximate surface area is 494 Å². The van der Waals surface area contributed by atoms with Crippen molar-refractivity contribution in [2.24, 2.45) is 23.7 Å². The molecule has 4 N–H and O–H groups in total. The summed E-state index contributed by atoms with van der Waals surface area (Å²) in [6.07, 6.45) is 5.82. The highest BCUT2D eigenvalue weighted by Crippen LogP contribution is 2.34. The van der Waals surface area contributed by atoms with Crippen molar-refractivity contribution in [2.75, 3.05) is 41.4 Å². The summed E-state index contributed by atoms with van der Waals surface area (Å²) >= 11 is 0. The van der Waals surface area contributed by atoms with Crippen LogP contribution in [0.5, 0.6) is 0 Å². The van der Waals surface area contributed by atoms with Gasteiger partial charge in [0.25, 0.3) is 0 Å². The predicted molar refractivity (Wildman–Crippen MR) is 316 cm³/mol. The summed E-state index contributed by atoms with van der Waals surface area (Å²) in [5.41, 5.74) is 3.54. The van der Waals surface area contributed by atoms with E-state index >= 15 is 0 Å². The normalized spacial score (nSPS) is 29.0. The van der Waals surface area contributed by atoms with E-state index in [1.165, 1.54) is 0 Å². The second-order valence-electron chi connectivity index (χ2n) is 24.1. The average Bonchev–Trinajstić information content (AvgIpc) is 4.54. The molecule has 4 saturated carbocycles. The van der Waals surface area contributed by atoms with Gasteiger partial charge >= 0.3 is 0 Å². The number of benzene rings is 4. The zero-order valence-corrected chi connectivity index (χ0v) is 49.1. The first kappa shape index (κ1) is 61.1. The summed E-state index contributed by atoms with van der Waals surface area (Å²) in [4.78, 5) is 123. The summed E-state index contributed by atoms with van der Waals surface area (Å²) in [7, 11) is 6.82. The molecule has 4 aromatic rings. The lowest BCUT2D eigenvalue weighted by Crippen LogP contribution is -2.54. The molecule has 4 aliphatic carbocycles. The van der Waals surface area contributed by atoms with Gasteiger partial charge in [-0.3, -0.25) is 38.4 Å². The van der Waals surface area contributed by atoms with Crippen molar-refractivity contribution in [1.82, 2.24) is 40.9 Å². The lowest BCUT2D eigenvalue weighted by Gasteiger charge is -2.31. The van der Waals surface area contributed by atoms with E-state index in [4.69, 9.17) is 9.47 Å². The molecule has 0 aromatic heterocycles. The number of ether oxygens (including phenoxy) is 2. The summed E-state index contributed by atoms with van der Waals surface area (Å²) in [6.45, 7) is 0.234. The number of likely N-dealkylation sites (N-methyl/N-ethyl adjacent to an activating group) is 4. The lowest BCUT2D eigenvalue weighted by molar-refractivity contribution is -0.140. The van der Waals surface area contributed by atoms with Crippen molar-refractivity contribution < 1.29 is 47.8 Å². The van der Waals surface area contributed by atoms with E-state index in [-0.39, 0.29) is 111 Å². The van der Waals surface area contributed by atoms with Gasteiger partial charge in [-0.2, -0.15) is 0 Å². The van der Waals surface area contributed by atoms with Crippen LogP contribution in [0.1, 0.15) is 99.3 Å². The van der Waals surface area contributed by atoms with Crippen molar-refractivity contribution >= 4 is 47.3 Å². The van der Waals surface area contributed by atoms with Crippen LogP contribution in [0, 0.1) is 23.7 Å². The first-order valence-corrected chi connectivity index (χ1v) is 30.2. The Hall–Kier alpha value is -7.44. The zero-order valence-electron chi connectivity index (χ0n) is 49.1. The minimum absolute atomic E-state index is 0.0991. The fourth-order valence-corrected chi connectivity index (χ4v) is 13.2. The molecular weight excluding hydrogens is 1060 g/mol. The second kappa shape index (κ2) is 28.9. The van der Waals surface area contributed by atoms with Gasteiger partial charge in [0.05, 0.1) is 26.4 Å². The molecule has 1 aliphatic heterocycles. The highest BCUT2D eigenvalue weighted by atomic mass is 16.5. The molecule has 0 spiro atoms. The third-order valence-electron chi connectivity index (χ3n) is 18.5. The van der Waals surface area contributed by atoms with Gasteiger partial charge in [0.1, 0.15) is 24.2 Å². The molecule has 8 amide bonds. The Morgan fingerprint density at radius 2 is 0.571 bits per heavy atom. The van der Waals surface area contributed by atoms with E-state index in [1.807, 2.05) is 121 Å². The number of rotatable bonds is 12. The van der Waals surface area contributed by atoms with Gasteiger partial charge in [-0.15, -0.1) is 0 Å². The van der Waals surface area contributed by atoms with Gasteiger partial charge in [0.2, 0.25) is 47.3 Å². The summed E-state index contributed by atoms with van der Waals surface area (Å²) < 4.78 is 12.3. The highest BCUT2D eigenvalue weighted by Gasteiger charge is 2.44. The molecule has 1 saturated heterocycles. The van der Waals surface area contributed by atoms with E-state index in [2.05, 4.69) is 21.3 Å². The van der Waals surface area contributed by atoms with Crippen LogP contribution in [0.25, 0.3) is 0 Å². The molecule has 0 unspecified atom stereocenters. The Balaban J connectivity index is 0.968. The molecule has 1 heterocycles. The minimum Gasteiger partial charge on any atom is -0.374 e. The Morgan fingerprint density at radius 1 is 0.333 bits per heavy atom. The van der Waals surface area contributed by atoms with Gasteiger partial charge < -0.3 is 50.3 Å². The van der Waals surface area contributed by atoms with Crippen LogP contribution in [0.15, 0.2) is 121 Å². The van der Waals surface area contributed by atoms with Crippen molar-refractivity contribution in [3.05, 3.63) is 144 Å². The maximum Gasteiger partial charge on any atom is 0.247 e. The molecule has 4 aromatic carbocycles. The van der Waals surface area contributed by atoms with Crippen LogP contribution in [0.3, 0.4) is 0 Å². The van der Waals surface area contributed by atoms with Gasteiger partial charge in [0, 0.05) is 88.9 Å². The molecule has 18 nitrogen and oxygen atoms in total. The average molecular weight is 1150 g/mol. The van der Waals surface area contributed by atoms with Crippen LogP contribution < -0.4 is 21.3 Å². The smallest absolute Gasteiger partial charge is 0.247 e. The van der Waals surface area contributed by atoms with Gasteiger partial charge in [-0.05, 0) is 99.3 Å². The van der Waals surface area contributed by atoms with Gasteiger partial charge in [-0.25, -0.2) is 0 Å². The topological polar surface area (TPSA) is 216 Å². The SMILES string of the molecule is CN1C(=O)[C@@H](COCc2ccccc2)NC(=O)[C@@H]2CC[C@@H](C2)N(C)C(=O)[C@@H](Cc2ccccc2)NC(=O)[C@@H]2CC[C@@H](C2)N(C)C(=O)[C@@H](COCc2ccccc2)NC(=O)[C@@H]2CC[C@@H](C2)N(C)C(=O)[C@@H](Cc2ccccc2)NC(=O)[C@@H]2CC[C@H]1C2. The molecule has 8 bridgehead atoms. The van der Waals surface area contributed by atoms with E-state index in [0.717, 1.165) is 22.3 Å². The van der Waals surface area contributed by atoms with Crippen molar-refractivity contribution in [1.29, 1.82) is 0 Å². The zero-order chi connectivity index (χ0) is 59.3. The molecule has 5 fully saturated rings. The molecule has 84 heavy (non-hydrogen) atoms. The van der Waals surface area contributed by atoms with Crippen LogP contribution in [0.2, 0.25) is 0 Å². The molecule has 9 rings (SSSR count). The third kappa shape index (κ3) is 15.7. The van der Waals surface area contributed by atoms with E-state index in [1.54, 1.807) is 47.8 Å². The maximum atomic E-state index is 14.7. The van der Waals surface area contributed by atoms with E-state index < -0.39 is 47.8 Å². The van der Waals surface area contributed by atoms with Crippen molar-refractivity contribution in [2.45, 2.75) is 151 Å². The minimum atomic E-state index is -1.05. The molecule has 448 valence electrons. The van der Waals surface area contributed by atoms with Crippen LogP contribution >= 0.6 is 0 Å². The van der Waals surface area contributed by atoms with Crippen LogP contribution in [0.4, 0.5) is 0 Å². The standard InChI is InChI=1S/C66H84N8O10/c1-71-51-29-27-49(37-51)61(77)69-57(41-83-39-45-21-13-7-14-22-45)65(81)74(4)54-32-26-48(36-54)60(76)68-56(34-44-19-11-6-12-20-44)64(80)72(2)52-30-28-50(38-52)62(78)70-58(42-84-40-46-23-15-8-16-24-46)66(82)73(3)53-31-25-47(35-53)59(75)67-55(63(71)79)33-43-17-9-5-10-18-43/h5-24,47-58H,25-42H2,1-4H3,(H,67,75)(H,68,76)(H,69,77)(H,70,78)/t47-,48-,49-,50-,51+,52+,53+,54+,55-,56-,57-,58-/m1/s1. The largest absolute Gasteiger partial charge is 0.374 e. The third-order valence-corrected chi connectivity index (χ3v) is 18.5. The number of nitrogens with zero attached hydrogens (tertiary/aromatic N) is 4. The van der Waals surface area contributed by atoms with Gasteiger partial charge in [-0.1, -0.05) is 121 Å². The quantitative estimate of drug-likeness (QED) is 0.142. The Bertz CT molecular complexity index is 2710. The monoisotopic (exact) mass is 1150 g/mol. The van der Waals surface area contributed by atoms with Gasteiger partial charge in [0.15, 0.2) is 0 Å². The van der Waals surface area contributed by atoms with E-state index in [9.17, 15) is 38.4 Å². The molecule has 0 radical (unpaired) electrons. The molecule has 18 heteroatoms. The lowest BCUT2D eigenvalue weighted by atomic mass is 10.0. The number of nitrogens with one attached hydrogen (secondary N) is 4. The van der Waals surface area contributed by atoms with Crippen LogP contribution in [-0.2, 0) is 73.9 Å². The molecular formula is C66H84N8O10. The number of fused-ring (bicyclic) bond motifs is 8. The van der Waals surface area contributed by atoms with Crippen LogP contribution in [-0.4, -0.2) is 157 Å². The maximum absolute atomic E-state index is 14.7. The van der Waals surface area contributed by atoms with Crippen molar-refractivity contribution in [3.8, 4) is 0 Å². The summed E-state index contributed by atoms with van der Waals surface area (Å²) in [6, 6.07) is 32.8. The Morgan fingerprint density at radius 3 is 0.845 bits per heavy atom. The second-order valence-corrected chi connectivity index (χ2v) is 24.1.